The van der Waals surface area contributed by atoms with Gasteiger partial charge in [0.15, 0.2) is 5.78 Å². The van der Waals surface area contributed by atoms with Crippen LogP contribution in [0.4, 0.5) is 10.1 Å². The quantitative estimate of drug-likeness (QED) is 0.635. The first-order valence-corrected chi connectivity index (χ1v) is 6.62. The molecule has 0 heterocycles. The largest absolute Gasteiger partial charge is 0.398 e. The van der Waals surface area contributed by atoms with E-state index < -0.39 is 5.82 Å². The lowest BCUT2D eigenvalue weighted by Crippen LogP contribution is -2.02. The Morgan fingerprint density at radius 1 is 1.00 bits per heavy atom. The highest BCUT2D eigenvalue weighted by atomic mass is 79.9. The van der Waals surface area contributed by atoms with Crippen LogP contribution >= 0.6 is 31.9 Å². The molecular formula is C13H8Br2FNO. The van der Waals surface area contributed by atoms with Gasteiger partial charge in [-0.1, -0.05) is 0 Å². The Labute approximate surface area is 120 Å². The van der Waals surface area contributed by atoms with Gasteiger partial charge in [-0.3, -0.25) is 4.79 Å². The van der Waals surface area contributed by atoms with E-state index in [0.29, 0.717) is 21.3 Å². The van der Waals surface area contributed by atoms with Gasteiger partial charge in [-0.15, -0.1) is 0 Å². The second kappa shape index (κ2) is 5.20. The Morgan fingerprint density at radius 2 is 1.56 bits per heavy atom. The van der Waals surface area contributed by atoms with Crippen LogP contribution in [0, 0.1) is 5.82 Å². The summed E-state index contributed by atoms with van der Waals surface area (Å²) in [7, 11) is 0. The third-order valence-electron chi connectivity index (χ3n) is 2.44. The van der Waals surface area contributed by atoms with Crippen molar-refractivity contribution in [1.82, 2.24) is 0 Å². The fourth-order valence-electron chi connectivity index (χ4n) is 1.47. The summed E-state index contributed by atoms with van der Waals surface area (Å²) in [5.41, 5.74) is 7.13. The van der Waals surface area contributed by atoms with Crippen molar-refractivity contribution in [3.8, 4) is 0 Å². The van der Waals surface area contributed by atoms with E-state index in [1.54, 1.807) is 18.2 Å². The topological polar surface area (TPSA) is 43.1 Å². The van der Waals surface area contributed by atoms with Gasteiger partial charge in [-0.05, 0) is 68.3 Å². The van der Waals surface area contributed by atoms with Crippen LogP contribution in [-0.4, -0.2) is 5.78 Å². The molecule has 0 aliphatic heterocycles. The van der Waals surface area contributed by atoms with E-state index in [9.17, 15) is 9.18 Å². The molecule has 2 rings (SSSR count). The molecule has 0 fully saturated rings. The summed E-state index contributed by atoms with van der Waals surface area (Å²) in [6, 6.07) is 9.10. The zero-order valence-corrected chi connectivity index (χ0v) is 12.3. The molecule has 0 aliphatic carbocycles. The van der Waals surface area contributed by atoms with Crippen molar-refractivity contribution in [3.05, 3.63) is 62.3 Å². The van der Waals surface area contributed by atoms with E-state index in [4.69, 9.17) is 5.73 Å². The standard InChI is InChI=1S/C13H8Br2FNO/c14-9-5-7(1-3-11(9)16)13(18)8-2-4-12(17)10(15)6-8/h1-6H,17H2. The minimum Gasteiger partial charge on any atom is -0.398 e. The first-order chi connectivity index (χ1) is 8.49. The molecule has 0 saturated heterocycles. The number of carbonyl (C=O) groups excluding carboxylic acids is 1. The second-order valence-corrected chi connectivity index (χ2v) is 5.40. The molecule has 0 saturated carbocycles. The van der Waals surface area contributed by atoms with Crippen molar-refractivity contribution in [3.63, 3.8) is 0 Å². The van der Waals surface area contributed by atoms with Crippen LogP contribution in [0.3, 0.4) is 0 Å². The summed E-state index contributed by atoms with van der Waals surface area (Å²) in [4.78, 5) is 12.2. The molecule has 0 aromatic heterocycles. The fourth-order valence-corrected chi connectivity index (χ4v) is 2.23. The molecule has 0 bridgehead atoms. The number of nitrogen functional groups attached to an aromatic ring is 1. The number of nitrogens with two attached hydrogens (primary N) is 1. The zero-order valence-electron chi connectivity index (χ0n) is 9.08. The van der Waals surface area contributed by atoms with Gasteiger partial charge in [0.25, 0.3) is 0 Å². The van der Waals surface area contributed by atoms with E-state index in [2.05, 4.69) is 31.9 Å². The molecular weight excluding hydrogens is 365 g/mol. The number of anilines is 1. The van der Waals surface area contributed by atoms with Crippen LogP contribution in [-0.2, 0) is 0 Å². The van der Waals surface area contributed by atoms with E-state index in [1.165, 1.54) is 18.2 Å². The monoisotopic (exact) mass is 371 g/mol. The van der Waals surface area contributed by atoms with E-state index in [1.807, 2.05) is 0 Å². The van der Waals surface area contributed by atoms with Gasteiger partial charge >= 0.3 is 0 Å². The first kappa shape index (κ1) is 13.2. The minimum atomic E-state index is -0.398. The molecule has 92 valence electrons. The third kappa shape index (κ3) is 2.62. The van der Waals surface area contributed by atoms with Crippen molar-refractivity contribution < 1.29 is 9.18 Å². The summed E-state index contributed by atoms with van der Waals surface area (Å²) >= 11 is 6.32. The predicted octanol–water partition coefficient (Wildman–Crippen LogP) is 4.16. The van der Waals surface area contributed by atoms with Crippen LogP contribution < -0.4 is 5.73 Å². The molecule has 2 aromatic carbocycles. The highest BCUT2D eigenvalue weighted by Crippen LogP contribution is 2.23. The molecule has 0 atom stereocenters. The average Bonchev–Trinajstić information content (AvgIpc) is 2.35. The van der Waals surface area contributed by atoms with E-state index >= 15 is 0 Å². The van der Waals surface area contributed by atoms with Crippen molar-refractivity contribution >= 4 is 43.3 Å². The van der Waals surface area contributed by atoms with Gasteiger partial charge in [0.05, 0.1) is 4.47 Å². The van der Waals surface area contributed by atoms with Gasteiger partial charge in [-0.2, -0.15) is 0 Å². The summed E-state index contributed by atoms with van der Waals surface area (Å²) in [5.74, 6) is -0.582. The maximum Gasteiger partial charge on any atom is 0.193 e. The Balaban J connectivity index is 2.41. The van der Waals surface area contributed by atoms with Gasteiger partial charge < -0.3 is 5.73 Å². The van der Waals surface area contributed by atoms with Crippen LogP contribution in [0.25, 0.3) is 0 Å². The van der Waals surface area contributed by atoms with Crippen molar-refractivity contribution in [2.45, 2.75) is 0 Å². The van der Waals surface area contributed by atoms with Gasteiger partial charge in [-0.25, -0.2) is 4.39 Å². The Morgan fingerprint density at radius 3 is 2.11 bits per heavy atom. The molecule has 0 unspecified atom stereocenters. The SMILES string of the molecule is Nc1ccc(C(=O)c2ccc(F)c(Br)c2)cc1Br. The molecule has 0 aliphatic rings. The molecule has 2 aromatic rings. The van der Waals surface area contributed by atoms with Crippen molar-refractivity contribution in [1.29, 1.82) is 0 Å². The van der Waals surface area contributed by atoms with Crippen LogP contribution in [0.5, 0.6) is 0 Å². The van der Waals surface area contributed by atoms with Crippen molar-refractivity contribution in [2.75, 3.05) is 5.73 Å². The van der Waals surface area contributed by atoms with E-state index in [0.717, 1.165) is 0 Å². The van der Waals surface area contributed by atoms with Crippen LogP contribution in [0.2, 0.25) is 0 Å². The molecule has 0 amide bonds. The lowest BCUT2D eigenvalue weighted by Gasteiger charge is -2.04. The lowest BCUT2D eigenvalue weighted by atomic mass is 10.0. The number of ketones is 1. The Hall–Kier alpha value is -1.20. The van der Waals surface area contributed by atoms with Gasteiger partial charge in [0, 0.05) is 21.3 Å². The maximum absolute atomic E-state index is 13.1. The molecule has 2 nitrogen and oxygen atoms in total. The zero-order chi connectivity index (χ0) is 13.3. The molecule has 18 heavy (non-hydrogen) atoms. The maximum atomic E-state index is 13.1. The number of halogens is 3. The summed E-state index contributed by atoms with van der Waals surface area (Å²) in [6.07, 6.45) is 0. The normalized spacial score (nSPS) is 10.4. The smallest absolute Gasteiger partial charge is 0.193 e. The summed E-state index contributed by atoms with van der Waals surface area (Å²) in [5, 5.41) is 0. The highest BCUT2D eigenvalue weighted by Gasteiger charge is 2.12. The fraction of sp³-hybridized carbons (Fsp3) is 0. The number of hydrogen-bond acceptors (Lipinski definition) is 2. The molecule has 0 spiro atoms. The van der Waals surface area contributed by atoms with Gasteiger partial charge in [0.2, 0.25) is 0 Å². The summed E-state index contributed by atoms with van der Waals surface area (Å²) < 4.78 is 14.0. The minimum absolute atomic E-state index is 0.184. The third-order valence-corrected chi connectivity index (χ3v) is 3.74. The number of carbonyl (C=O) groups is 1. The molecule has 2 N–H and O–H groups in total. The Kier molecular flexibility index (Phi) is 3.82. The first-order valence-electron chi connectivity index (χ1n) is 5.04. The second-order valence-electron chi connectivity index (χ2n) is 3.69. The van der Waals surface area contributed by atoms with Crippen molar-refractivity contribution in [2.24, 2.45) is 0 Å². The van der Waals surface area contributed by atoms with Gasteiger partial charge in [0.1, 0.15) is 5.82 Å². The van der Waals surface area contributed by atoms with Crippen LogP contribution in [0.15, 0.2) is 45.3 Å². The summed E-state index contributed by atoms with van der Waals surface area (Å²) in [6.45, 7) is 0. The Bertz CT molecular complexity index is 575. The molecule has 5 heteroatoms. The highest BCUT2D eigenvalue weighted by molar-refractivity contribution is 9.10. The van der Waals surface area contributed by atoms with Crippen LogP contribution in [0.1, 0.15) is 15.9 Å². The molecule has 0 radical (unpaired) electrons. The predicted molar refractivity (Wildman–Crippen MR) is 76.1 cm³/mol. The number of benzene rings is 2. The lowest BCUT2D eigenvalue weighted by molar-refractivity contribution is 0.103. The van der Waals surface area contributed by atoms with E-state index in [-0.39, 0.29) is 10.3 Å². The number of rotatable bonds is 2. The number of hydrogen-bond donors (Lipinski definition) is 1. The average molecular weight is 373 g/mol.